The van der Waals surface area contributed by atoms with Gasteiger partial charge in [0.25, 0.3) is 0 Å². The molecule has 0 aromatic carbocycles. The number of halogens is 1. The molecule has 0 saturated carbocycles. The fourth-order valence-electron chi connectivity index (χ4n) is 1.43. The van der Waals surface area contributed by atoms with Crippen LogP contribution in [0.5, 0.6) is 0 Å². The number of alkyl halides is 1. The minimum atomic E-state index is 0.0673. The summed E-state index contributed by atoms with van der Waals surface area (Å²) in [5, 5.41) is 0.770. The van der Waals surface area contributed by atoms with Crippen molar-refractivity contribution in [3.8, 4) is 0 Å². The Labute approximate surface area is 99.0 Å². The van der Waals surface area contributed by atoms with E-state index in [9.17, 15) is 4.79 Å². The van der Waals surface area contributed by atoms with Crippen LogP contribution in [0.15, 0.2) is 0 Å². The Hall–Kier alpha value is -0.130. The number of nitrogens with zero attached hydrogens (tertiary/aromatic N) is 1. The minimum absolute atomic E-state index is 0.0673. The second-order valence-electron chi connectivity index (χ2n) is 3.54. The largest absolute Gasteiger partial charge is 0.374 e. The molecule has 1 fully saturated rings. The highest BCUT2D eigenvalue weighted by molar-refractivity contribution is 9.09. The van der Waals surface area contributed by atoms with Crippen LogP contribution in [0.4, 0.5) is 0 Å². The summed E-state index contributed by atoms with van der Waals surface area (Å²) in [7, 11) is 0. The summed E-state index contributed by atoms with van der Waals surface area (Å²) in [6.07, 6.45) is 1.06. The molecule has 1 amide bonds. The zero-order valence-electron chi connectivity index (χ0n) is 9.08. The third kappa shape index (κ3) is 4.49. The first-order valence-corrected chi connectivity index (χ1v) is 6.43. The van der Waals surface area contributed by atoms with E-state index in [4.69, 9.17) is 9.47 Å². The molecule has 4 nitrogen and oxygen atoms in total. The first kappa shape index (κ1) is 12.9. The topological polar surface area (TPSA) is 38.8 Å². The lowest BCUT2D eigenvalue weighted by atomic mass is 10.3. The number of carbonyl (C=O) groups is 1. The molecule has 1 aliphatic rings. The van der Waals surface area contributed by atoms with Gasteiger partial charge >= 0.3 is 0 Å². The van der Waals surface area contributed by atoms with E-state index in [2.05, 4.69) is 15.9 Å². The molecule has 1 heterocycles. The van der Waals surface area contributed by atoms with Crippen molar-refractivity contribution in [1.82, 2.24) is 4.90 Å². The van der Waals surface area contributed by atoms with Crippen molar-refractivity contribution in [2.24, 2.45) is 0 Å². The summed E-state index contributed by atoms with van der Waals surface area (Å²) < 4.78 is 10.7. The SMILES string of the molecule is CCCOCC(=O)N1CCOC(CBr)C1. The predicted molar refractivity (Wildman–Crippen MR) is 61.2 cm³/mol. The van der Waals surface area contributed by atoms with E-state index in [1.165, 1.54) is 0 Å². The van der Waals surface area contributed by atoms with Crippen molar-refractivity contribution in [2.45, 2.75) is 19.4 Å². The van der Waals surface area contributed by atoms with Gasteiger partial charge in [0.15, 0.2) is 0 Å². The van der Waals surface area contributed by atoms with Gasteiger partial charge in [0.1, 0.15) is 6.61 Å². The number of amides is 1. The standard InChI is InChI=1S/C10H18BrNO3/c1-2-4-14-8-10(13)12-3-5-15-9(6-11)7-12/h9H,2-8H2,1H3. The van der Waals surface area contributed by atoms with Crippen LogP contribution in [0, 0.1) is 0 Å². The summed E-state index contributed by atoms with van der Waals surface area (Å²) in [6.45, 7) is 4.84. The average Bonchev–Trinajstić information content (AvgIpc) is 2.29. The maximum Gasteiger partial charge on any atom is 0.248 e. The zero-order valence-corrected chi connectivity index (χ0v) is 10.7. The molecule has 1 aliphatic heterocycles. The van der Waals surface area contributed by atoms with Gasteiger partial charge in [-0.2, -0.15) is 0 Å². The van der Waals surface area contributed by atoms with Gasteiger partial charge in [0, 0.05) is 25.0 Å². The zero-order chi connectivity index (χ0) is 11.1. The molecule has 1 rings (SSSR count). The average molecular weight is 280 g/mol. The fraction of sp³-hybridized carbons (Fsp3) is 0.900. The van der Waals surface area contributed by atoms with Gasteiger partial charge in [-0.1, -0.05) is 22.9 Å². The van der Waals surface area contributed by atoms with Crippen molar-refractivity contribution in [3.63, 3.8) is 0 Å². The summed E-state index contributed by atoms with van der Waals surface area (Å²) in [5.74, 6) is 0.0673. The Bertz CT molecular complexity index is 201. The number of rotatable bonds is 5. The smallest absolute Gasteiger partial charge is 0.248 e. The van der Waals surface area contributed by atoms with Crippen molar-refractivity contribution < 1.29 is 14.3 Å². The highest BCUT2D eigenvalue weighted by Crippen LogP contribution is 2.07. The third-order valence-corrected chi connectivity index (χ3v) is 2.96. The first-order chi connectivity index (χ1) is 7.27. The van der Waals surface area contributed by atoms with Crippen LogP contribution in [-0.2, 0) is 14.3 Å². The van der Waals surface area contributed by atoms with Gasteiger partial charge in [0.2, 0.25) is 5.91 Å². The monoisotopic (exact) mass is 279 g/mol. The molecular formula is C10H18BrNO3. The predicted octanol–water partition coefficient (Wildman–Crippen LogP) is 1.04. The quantitative estimate of drug-likeness (QED) is 0.558. The second kappa shape index (κ2) is 7.19. The van der Waals surface area contributed by atoms with Crippen LogP contribution in [0.3, 0.4) is 0 Å². The molecule has 1 saturated heterocycles. The normalized spacial score (nSPS) is 21.7. The molecular weight excluding hydrogens is 262 g/mol. The molecule has 15 heavy (non-hydrogen) atoms. The van der Waals surface area contributed by atoms with Crippen molar-refractivity contribution in [3.05, 3.63) is 0 Å². The number of carbonyl (C=O) groups excluding carboxylic acids is 1. The summed E-state index contributed by atoms with van der Waals surface area (Å²) >= 11 is 3.36. The lowest BCUT2D eigenvalue weighted by molar-refractivity contribution is -0.142. The molecule has 0 aromatic heterocycles. The van der Waals surface area contributed by atoms with Gasteiger partial charge < -0.3 is 14.4 Å². The van der Waals surface area contributed by atoms with Crippen LogP contribution < -0.4 is 0 Å². The van der Waals surface area contributed by atoms with Crippen molar-refractivity contribution >= 4 is 21.8 Å². The minimum Gasteiger partial charge on any atom is -0.374 e. The third-order valence-electron chi connectivity index (χ3n) is 2.24. The van der Waals surface area contributed by atoms with E-state index in [0.29, 0.717) is 26.3 Å². The van der Waals surface area contributed by atoms with Gasteiger partial charge in [-0.15, -0.1) is 0 Å². The Morgan fingerprint density at radius 3 is 3.13 bits per heavy atom. The molecule has 0 aromatic rings. The number of morpholine rings is 1. The second-order valence-corrected chi connectivity index (χ2v) is 4.19. The highest BCUT2D eigenvalue weighted by Gasteiger charge is 2.23. The Morgan fingerprint density at radius 1 is 1.67 bits per heavy atom. The summed E-state index contributed by atoms with van der Waals surface area (Å²) in [4.78, 5) is 13.5. The molecule has 0 aliphatic carbocycles. The van der Waals surface area contributed by atoms with Gasteiger partial charge in [-0.05, 0) is 6.42 Å². The van der Waals surface area contributed by atoms with Crippen LogP contribution in [0.1, 0.15) is 13.3 Å². The van der Waals surface area contributed by atoms with Crippen LogP contribution in [0.25, 0.3) is 0 Å². The lowest BCUT2D eigenvalue weighted by Gasteiger charge is -2.32. The number of hydrogen-bond acceptors (Lipinski definition) is 3. The molecule has 0 radical (unpaired) electrons. The van der Waals surface area contributed by atoms with E-state index in [1.807, 2.05) is 11.8 Å². The summed E-state index contributed by atoms with van der Waals surface area (Å²) in [6, 6.07) is 0. The van der Waals surface area contributed by atoms with Crippen LogP contribution in [0.2, 0.25) is 0 Å². The Morgan fingerprint density at radius 2 is 2.47 bits per heavy atom. The molecule has 0 spiro atoms. The maximum absolute atomic E-state index is 11.7. The van der Waals surface area contributed by atoms with Gasteiger partial charge in [-0.3, -0.25) is 4.79 Å². The van der Waals surface area contributed by atoms with Gasteiger partial charge in [-0.25, -0.2) is 0 Å². The molecule has 88 valence electrons. The summed E-state index contributed by atoms with van der Waals surface area (Å²) in [5.41, 5.74) is 0. The van der Waals surface area contributed by atoms with E-state index in [1.54, 1.807) is 0 Å². The first-order valence-electron chi connectivity index (χ1n) is 5.31. The lowest BCUT2D eigenvalue weighted by Crippen LogP contribution is -2.47. The van der Waals surface area contributed by atoms with E-state index in [0.717, 1.165) is 11.8 Å². The molecule has 1 atom stereocenters. The van der Waals surface area contributed by atoms with E-state index >= 15 is 0 Å². The van der Waals surface area contributed by atoms with Crippen molar-refractivity contribution in [2.75, 3.05) is 38.2 Å². The molecule has 1 unspecified atom stereocenters. The van der Waals surface area contributed by atoms with E-state index in [-0.39, 0.29) is 18.6 Å². The Balaban J connectivity index is 2.25. The molecule has 5 heteroatoms. The van der Waals surface area contributed by atoms with Gasteiger partial charge in [0.05, 0.1) is 12.7 Å². The fourth-order valence-corrected chi connectivity index (χ4v) is 1.83. The highest BCUT2D eigenvalue weighted by atomic mass is 79.9. The molecule has 0 bridgehead atoms. The van der Waals surface area contributed by atoms with Crippen LogP contribution in [-0.4, -0.2) is 55.2 Å². The number of hydrogen-bond donors (Lipinski definition) is 0. The van der Waals surface area contributed by atoms with E-state index < -0.39 is 0 Å². The van der Waals surface area contributed by atoms with Crippen molar-refractivity contribution in [1.29, 1.82) is 0 Å². The maximum atomic E-state index is 11.7. The van der Waals surface area contributed by atoms with Crippen LogP contribution >= 0.6 is 15.9 Å². The molecule has 0 N–H and O–H groups in total. The number of ether oxygens (including phenoxy) is 2. The Kier molecular flexibility index (Phi) is 6.20.